The van der Waals surface area contributed by atoms with E-state index in [1.165, 1.54) is 0 Å². The highest BCUT2D eigenvalue weighted by Gasteiger charge is 2.34. The van der Waals surface area contributed by atoms with Gasteiger partial charge in [-0.15, -0.1) is 0 Å². The summed E-state index contributed by atoms with van der Waals surface area (Å²) in [5, 5.41) is 21.0. The van der Waals surface area contributed by atoms with Gasteiger partial charge in [-0.2, -0.15) is 0 Å². The Balaban J connectivity index is 2.40. The summed E-state index contributed by atoms with van der Waals surface area (Å²) in [7, 11) is 0. The molecule has 1 heterocycles. The maximum atomic E-state index is 12.4. The fourth-order valence-corrected chi connectivity index (χ4v) is 2.15. The van der Waals surface area contributed by atoms with Crippen LogP contribution >= 0.6 is 23.8 Å². The van der Waals surface area contributed by atoms with Crippen molar-refractivity contribution in [3.05, 3.63) is 40.9 Å². The summed E-state index contributed by atoms with van der Waals surface area (Å²) in [5.74, 6) is -1.40. The molecule has 1 fully saturated rings. The molecule has 1 aromatic carbocycles. The Bertz CT molecular complexity index is 630. The fraction of sp³-hybridized carbons (Fsp3) is 0.154. The molecular weight excluding hydrogens is 316 g/mol. The number of thiocarbonyl (C=S) groups is 1. The predicted octanol–water partition coefficient (Wildman–Crippen LogP) is 0.367. The number of carbonyl (C=O) groups excluding carboxylic acids is 2. The molecule has 0 bridgehead atoms. The number of aliphatic hydroxyl groups is 2. The lowest BCUT2D eigenvalue weighted by atomic mass is 10.1. The van der Waals surface area contributed by atoms with Crippen LogP contribution < -0.4 is 10.2 Å². The van der Waals surface area contributed by atoms with E-state index in [-0.39, 0.29) is 10.7 Å². The number of carbonyl (C=O) groups is 2. The first-order valence-corrected chi connectivity index (χ1v) is 6.68. The van der Waals surface area contributed by atoms with Gasteiger partial charge in [0.25, 0.3) is 11.8 Å². The average molecular weight is 327 g/mol. The van der Waals surface area contributed by atoms with Crippen molar-refractivity contribution in [1.29, 1.82) is 0 Å². The molecule has 2 amide bonds. The van der Waals surface area contributed by atoms with Gasteiger partial charge in [-0.05, 0) is 42.6 Å². The van der Waals surface area contributed by atoms with E-state index in [0.717, 1.165) is 11.0 Å². The zero-order valence-electron chi connectivity index (χ0n) is 10.6. The lowest BCUT2D eigenvalue weighted by Crippen LogP contribution is -2.54. The Morgan fingerprint density at radius 1 is 1.33 bits per heavy atom. The van der Waals surface area contributed by atoms with Crippen molar-refractivity contribution in [3.8, 4) is 0 Å². The number of nitrogens with zero attached hydrogens (tertiary/aromatic N) is 1. The zero-order valence-corrected chi connectivity index (χ0v) is 12.2. The number of anilines is 1. The Morgan fingerprint density at radius 2 is 1.95 bits per heavy atom. The molecule has 1 atom stereocenters. The number of hydrogen-bond donors (Lipinski definition) is 3. The highest BCUT2D eigenvalue weighted by atomic mass is 35.5. The third kappa shape index (κ3) is 3.27. The molecule has 3 N–H and O–H groups in total. The van der Waals surface area contributed by atoms with Gasteiger partial charge >= 0.3 is 0 Å². The molecule has 110 valence electrons. The summed E-state index contributed by atoms with van der Waals surface area (Å²) < 4.78 is 0. The van der Waals surface area contributed by atoms with E-state index in [0.29, 0.717) is 10.7 Å². The molecule has 1 saturated heterocycles. The Hall–Kier alpha value is -1.80. The largest absolute Gasteiger partial charge is 0.393 e. The van der Waals surface area contributed by atoms with Crippen molar-refractivity contribution in [2.75, 3.05) is 11.5 Å². The van der Waals surface area contributed by atoms with Crippen LogP contribution in [0.25, 0.3) is 0 Å². The van der Waals surface area contributed by atoms with Crippen molar-refractivity contribution in [1.82, 2.24) is 5.32 Å². The van der Waals surface area contributed by atoms with Crippen molar-refractivity contribution < 1.29 is 19.8 Å². The maximum Gasteiger partial charge on any atom is 0.269 e. The third-order valence-corrected chi connectivity index (χ3v) is 3.27. The molecule has 0 spiro atoms. The smallest absolute Gasteiger partial charge is 0.269 e. The second-order valence-electron chi connectivity index (χ2n) is 4.21. The van der Waals surface area contributed by atoms with Crippen LogP contribution in [0.2, 0.25) is 5.02 Å². The molecular formula is C13H11ClN2O4S. The van der Waals surface area contributed by atoms with Crippen molar-refractivity contribution in [2.24, 2.45) is 0 Å². The summed E-state index contributed by atoms with van der Waals surface area (Å²) >= 11 is 10.8. The highest BCUT2D eigenvalue weighted by molar-refractivity contribution is 7.80. The van der Waals surface area contributed by atoms with Crippen LogP contribution in [0, 0.1) is 0 Å². The van der Waals surface area contributed by atoms with Crippen LogP contribution in [0.5, 0.6) is 0 Å². The van der Waals surface area contributed by atoms with E-state index in [1.807, 2.05) is 0 Å². The lowest BCUT2D eigenvalue weighted by molar-refractivity contribution is -0.122. The Kier molecular flexibility index (Phi) is 4.69. The molecule has 0 radical (unpaired) electrons. The summed E-state index contributed by atoms with van der Waals surface area (Å²) in [6.07, 6.45) is -0.323. The minimum atomic E-state index is -1.31. The van der Waals surface area contributed by atoms with E-state index in [4.69, 9.17) is 28.9 Å². The van der Waals surface area contributed by atoms with Crippen LogP contribution in [-0.4, -0.2) is 39.9 Å². The van der Waals surface area contributed by atoms with Crippen LogP contribution in [0.4, 0.5) is 5.69 Å². The first-order chi connectivity index (χ1) is 9.93. The minimum Gasteiger partial charge on any atom is -0.393 e. The van der Waals surface area contributed by atoms with E-state index in [2.05, 4.69) is 5.32 Å². The first kappa shape index (κ1) is 15.6. The summed E-state index contributed by atoms with van der Waals surface area (Å²) in [4.78, 5) is 25.3. The molecule has 1 aliphatic rings. The van der Waals surface area contributed by atoms with Crippen LogP contribution in [0.15, 0.2) is 35.9 Å². The maximum absolute atomic E-state index is 12.4. The van der Waals surface area contributed by atoms with E-state index in [1.54, 1.807) is 24.3 Å². The lowest BCUT2D eigenvalue weighted by Gasteiger charge is -2.29. The van der Waals surface area contributed by atoms with Crippen molar-refractivity contribution in [3.63, 3.8) is 0 Å². The number of halogens is 1. The van der Waals surface area contributed by atoms with Gasteiger partial charge in [-0.1, -0.05) is 11.6 Å². The molecule has 1 unspecified atom stereocenters. The van der Waals surface area contributed by atoms with Gasteiger partial charge in [0, 0.05) is 5.02 Å². The van der Waals surface area contributed by atoms with Crippen molar-refractivity contribution in [2.45, 2.75) is 6.10 Å². The van der Waals surface area contributed by atoms with Gasteiger partial charge in [0.2, 0.25) is 0 Å². The molecule has 21 heavy (non-hydrogen) atoms. The van der Waals surface area contributed by atoms with Gasteiger partial charge in [-0.3, -0.25) is 19.8 Å². The van der Waals surface area contributed by atoms with E-state index >= 15 is 0 Å². The molecule has 1 aliphatic heterocycles. The normalized spacial score (nSPS) is 18.9. The highest BCUT2D eigenvalue weighted by Crippen LogP contribution is 2.22. The van der Waals surface area contributed by atoms with Crippen molar-refractivity contribution >= 4 is 46.4 Å². The molecule has 0 aliphatic carbocycles. The third-order valence-electron chi connectivity index (χ3n) is 2.73. The van der Waals surface area contributed by atoms with Crippen LogP contribution in [0.1, 0.15) is 0 Å². The topological polar surface area (TPSA) is 89.9 Å². The van der Waals surface area contributed by atoms with Gasteiger partial charge in [0.1, 0.15) is 5.57 Å². The Labute approximate surface area is 130 Å². The van der Waals surface area contributed by atoms with E-state index < -0.39 is 24.5 Å². The second-order valence-corrected chi connectivity index (χ2v) is 5.03. The molecule has 8 heteroatoms. The number of amides is 2. The quantitative estimate of drug-likeness (QED) is 0.424. The standard InChI is InChI=1S/C13H11ClN2O4S/c14-7-1-3-8(4-2-7)16-12(20)10(5-9(18)6-17)11(19)15-13(16)21/h1-5,9,17-18H,6H2,(H,15,19,21)/b10-5-. The van der Waals surface area contributed by atoms with Gasteiger partial charge in [0.05, 0.1) is 18.4 Å². The molecule has 6 nitrogen and oxygen atoms in total. The van der Waals surface area contributed by atoms with Gasteiger partial charge in [0.15, 0.2) is 5.11 Å². The molecule has 0 aromatic heterocycles. The second kappa shape index (κ2) is 6.31. The number of hydrogen-bond acceptors (Lipinski definition) is 5. The van der Waals surface area contributed by atoms with Crippen LogP contribution in [0.3, 0.4) is 0 Å². The number of benzene rings is 1. The molecule has 1 aromatic rings. The SMILES string of the molecule is O=C1NC(=S)N(c2ccc(Cl)cc2)C(=O)/C1=C\C(O)CO. The average Bonchev–Trinajstić information content (AvgIpc) is 2.45. The summed E-state index contributed by atoms with van der Waals surface area (Å²) in [5.41, 5.74) is 0.138. The van der Waals surface area contributed by atoms with Gasteiger partial charge in [-0.25, -0.2) is 0 Å². The molecule has 0 saturated carbocycles. The Morgan fingerprint density at radius 3 is 2.52 bits per heavy atom. The van der Waals surface area contributed by atoms with Gasteiger partial charge < -0.3 is 10.2 Å². The minimum absolute atomic E-state index is 0.0667. The fourth-order valence-electron chi connectivity index (χ4n) is 1.75. The zero-order chi connectivity index (χ0) is 15.6. The first-order valence-electron chi connectivity index (χ1n) is 5.90. The van der Waals surface area contributed by atoms with E-state index in [9.17, 15) is 14.7 Å². The van der Waals surface area contributed by atoms with Crippen LogP contribution in [-0.2, 0) is 9.59 Å². The number of rotatable bonds is 3. The summed E-state index contributed by atoms with van der Waals surface area (Å²) in [6.45, 7) is -0.602. The summed E-state index contributed by atoms with van der Waals surface area (Å²) in [6, 6.07) is 6.30. The predicted molar refractivity (Wildman–Crippen MR) is 80.9 cm³/mol. The monoisotopic (exact) mass is 326 g/mol. The number of nitrogens with one attached hydrogen (secondary N) is 1. The number of aliphatic hydroxyl groups excluding tert-OH is 2. The molecule has 2 rings (SSSR count).